The van der Waals surface area contributed by atoms with Crippen LogP contribution in [-0.4, -0.2) is 0 Å². The molecule has 0 aliphatic carbocycles. The Morgan fingerprint density at radius 2 is 0.608 bits per heavy atom. The Morgan fingerprint density at radius 1 is 0.300 bits per heavy atom. The first kappa shape index (κ1) is 61.1. The van der Waals surface area contributed by atoms with Crippen molar-refractivity contribution in [3.05, 3.63) is 380 Å². The molecule has 0 spiro atoms. The molecule has 0 aliphatic rings. The van der Waals surface area contributed by atoms with Gasteiger partial charge in [-0.2, -0.15) is 0 Å². The predicted molar refractivity (Wildman–Crippen MR) is 524 cm³/mol. The normalized spacial score (nSPS) is 15.1. The van der Waals surface area contributed by atoms with Crippen molar-refractivity contribution < 1.29 is 77.8 Å². The van der Waals surface area contributed by atoms with Gasteiger partial charge in [-0.15, -0.1) is 0 Å². The van der Waals surface area contributed by atoms with Crippen molar-refractivity contribution >= 4 is 138 Å². The fraction of sp³-hybridized carbons (Fsp3) is 0.165. The van der Waals surface area contributed by atoms with E-state index in [9.17, 15) is 0 Å². The quantitative estimate of drug-likeness (QED) is 0.111. The van der Waals surface area contributed by atoms with Crippen molar-refractivity contribution in [2.45, 2.75) is 94.7 Å². The Hall–Kier alpha value is -16.4. The number of benzene rings is 11. The summed E-state index contributed by atoms with van der Waals surface area (Å²) in [5.41, 5.74) is 20.1. The standard InChI is InChI=1S/C26H19N2O.2C23H21N2O.C22H19N2O.C21H17N2O/c1-17-12-13-19-20-14-15-21(27-2)24(18-9-5-4-6-10-18)26(20)29-25(19)23(17)22-11-7-8-16-28(22)3;2*1-14(2)20-18(24-4)12-11-17-16-10-9-15(3)21(23(16)26-22(17)20)19-8-6-7-13-25(19)5;1-13-6-11-19(24(5)12-13)20-14(2)7-8-17-16-9-10-18(23-4)15(3)21(16)25-22(17)20;1-13-8-9-16-15-10-11-17(22-3)14(2)20(15)24-21(16)19(13)18-7-5-6-12-23(18)4/h4-16H,1,3H3;2*6-14H,1-3,5H3;6-12H,1-3,5H3;5-12H,1-2,4H3/q5*+1/i4D,5D,6D,9D,10D;1D3,6D,7D,8D,13D,14D;1D3,14D;1D3;5D,6D,7D,12D. The number of nitrogens with zero attached hydrogens (tertiary/aromatic N) is 10. The number of hydrogen-bond acceptors (Lipinski definition) is 5. The summed E-state index contributed by atoms with van der Waals surface area (Å²) in [7, 11) is 8.90. The minimum absolute atomic E-state index is 0.00522. The van der Waals surface area contributed by atoms with Gasteiger partial charge in [-0.05, 0) is 142 Å². The zero-order valence-electron chi connectivity index (χ0n) is 97.4. The molecule has 0 saturated carbocycles. The molecule has 0 radical (unpaired) electrons. The van der Waals surface area contributed by atoms with Crippen LogP contribution in [0.2, 0.25) is 0 Å². The van der Waals surface area contributed by atoms with Crippen LogP contribution in [0.3, 0.4) is 0 Å². The summed E-state index contributed by atoms with van der Waals surface area (Å²) in [6, 6.07) is 48.2. The van der Waals surface area contributed by atoms with Crippen LogP contribution in [0.15, 0.2) is 289 Å². The molecule has 10 heterocycles. The van der Waals surface area contributed by atoms with Gasteiger partial charge in [0.2, 0.25) is 28.5 Å². The molecule has 21 rings (SSSR count). The van der Waals surface area contributed by atoms with E-state index in [1.165, 1.54) is 36.1 Å². The number of fused-ring (bicyclic) bond motifs is 15. The van der Waals surface area contributed by atoms with Gasteiger partial charge in [0.05, 0.1) is 75.8 Å². The molecule has 11 aromatic carbocycles. The number of hydrogen-bond donors (Lipinski definition) is 0. The van der Waals surface area contributed by atoms with Crippen molar-refractivity contribution in [3.63, 3.8) is 0 Å². The molecule has 15 heteroatoms. The molecule has 15 nitrogen and oxygen atoms in total. The van der Waals surface area contributed by atoms with E-state index in [-0.39, 0.29) is 117 Å². The first-order valence-corrected chi connectivity index (χ1v) is 41.2. The fourth-order valence-electron chi connectivity index (χ4n) is 17.2. The lowest BCUT2D eigenvalue weighted by Crippen LogP contribution is -2.31. The molecule has 21 aromatic rings. The average Bonchev–Trinajstić information content (AvgIpc) is 1.53. The van der Waals surface area contributed by atoms with E-state index < -0.39 is 50.5 Å². The highest BCUT2D eigenvalue weighted by Crippen LogP contribution is 2.49. The minimum Gasteiger partial charge on any atom is -0.456 e. The van der Waals surface area contributed by atoms with Gasteiger partial charge in [-0.1, -0.05) is 179 Å². The second-order valence-corrected chi connectivity index (χ2v) is 31.8. The zero-order valence-corrected chi connectivity index (χ0v) is 73.4. The summed E-state index contributed by atoms with van der Waals surface area (Å²) < 4.78 is 234. The van der Waals surface area contributed by atoms with Crippen LogP contribution >= 0.6 is 0 Å². The van der Waals surface area contributed by atoms with Gasteiger partial charge < -0.3 is 22.1 Å². The second-order valence-electron chi connectivity index (χ2n) is 31.8. The van der Waals surface area contributed by atoms with Crippen LogP contribution in [0.4, 0.5) is 28.4 Å². The minimum atomic E-state index is -2.73. The Morgan fingerprint density at radius 3 is 0.962 bits per heavy atom. The topological polar surface area (TPSA) is 107 Å². The summed E-state index contributed by atoms with van der Waals surface area (Å²) in [6.45, 7) is 45.9. The maximum absolute atomic E-state index is 8.66. The average molecular weight is 1720 g/mol. The lowest BCUT2D eigenvalue weighted by atomic mass is 9.97. The van der Waals surface area contributed by atoms with Gasteiger partial charge in [0.1, 0.15) is 93.8 Å². The van der Waals surface area contributed by atoms with E-state index in [4.69, 9.17) is 87.8 Å². The van der Waals surface area contributed by atoms with E-state index in [0.29, 0.717) is 94.4 Å². The Balaban J connectivity index is 0.000000131. The predicted octanol–water partition coefficient (Wildman–Crippen LogP) is 29.5. The van der Waals surface area contributed by atoms with Gasteiger partial charge in [0.25, 0.3) is 0 Å². The van der Waals surface area contributed by atoms with Crippen LogP contribution in [-0.2, 0) is 35.2 Å². The van der Waals surface area contributed by atoms with Crippen molar-refractivity contribution in [2.24, 2.45) is 35.2 Å². The molecule has 0 bridgehead atoms. The van der Waals surface area contributed by atoms with Crippen molar-refractivity contribution in [2.75, 3.05) is 0 Å². The molecule has 2 atom stereocenters. The van der Waals surface area contributed by atoms with Crippen LogP contribution in [0.25, 0.3) is 201 Å². The summed E-state index contributed by atoms with van der Waals surface area (Å²) in [4.78, 5) is 17.6. The van der Waals surface area contributed by atoms with Gasteiger partial charge in [0.15, 0.2) is 59.4 Å². The lowest BCUT2D eigenvalue weighted by Gasteiger charge is -2.08. The third kappa shape index (κ3) is 15.1. The zero-order chi connectivity index (χ0) is 112. The SMILES string of the molecule is [2H]C([2H])([2H])C([2H])(C)c1c([N+]#[C-])ccc2c1oc1c(-c3cccc[n+]3C)c(C)ccc12.[2H]C([2H])([2H])c1ccc(-c2c(C)ccc3c2oc2c(C)c([N+]#[C-])ccc23)[n+](C)c1.[2H]c1c([2H])c([2H])[n+](C)c(-c2c(C)ccc3c2oc2c(C([2H])(C)C([2H])([2H])[2H])c([N+]#[C-])ccc23)c1[2H].[2H]c1c([2H])c([2H])[n+](C)c(-c2c(C)ccc3c2oc2c(C)c([N+]#[C-])ccc23)c1[2H].[2H]c1c([2H])c([2H])c(-c2c([N+]#[C-])ccc3c2oc2c(-c4cccc[n+]4C)c(C)ccc23)c([2H])c1[2H]. The van der Waals surface area contributed by atoms with E-state index in [1.807, 2.05) is 198 Å². The van der Waals surface area contributed by atoms with Crippen LogP contribution in [0.5, 0.6) is 0 Å². The van der Waals surface area contributed by atoms with E-state index in [0.717, 1.165) is 111 Å². The highest BCUT2D eigenvalue weighted by Gasteiger charge is 2.30. The van der Waals surface area contributed by atoms with E-state index in [1.54, 1.807) is 74.8 Å². The van der Waals surface area contributed by atoms with Crippen LogP contribution in [0.1, 0.15) is 128 Å². The molecule has 130 heavy (non-hydrogen) atoms. The molecular formula is C115H97N10O5+5. The maximum atomic E-state index is 8.66. The van der Waals surface area contributed by atoms with E-state index in [2.05, 4.69) is 24.2 Å². The van der Waals surface area contributed by atoms with Crippen molar-refractivity contribution in [3.8, 4) is 67.4 Å². The van der Waals surface area contributed by atoms with E-state index >= 15 is 0 Å². The lowest BCUT2D eigenvalue weighted by molar-refractivity contribution is -0.660. The number of pyridine rings is 5. The highest BCUT2D eigenvalue weighted by atomic mass is 16.3. The summed E-state index contributed by atoms with van der Waals surface area (Å²) in [5, 5.41) is 7.86. The molecule has 2 unspecified atom stereocenters. The molecule has 0 fully saturated rings. The van der Waals surface area contributed by atoms with Crippen molar-refractivity contribution in [1.82, 2.24) is 0 Å². The maximum Gasteiger partial charge on any atom is 0.216 e. The van der Waals surface area contributed by atoms with Gasteiger partial charge in [-0.3, -0.25) is 0 Å². The Bertz CT molecular complexity index is 9710. The van der Waals surface area contributed by atoms with Gasteiger partial charge in [-0.25, -0.2) is 47.1 Å². The first-order valence-electron chi connectivity index (χ1n) is 53.2. The van der Waals surface area contributed by atoms with Gasteiger partial charge in [0, 0.05) is 146 Å². The fourth-order valence-corrected chi connectivity index (χ4v) is 17.2. The first-order chi connectivity index (χ1) is 72.6. The van der Waals surface area contributed by atoms with Crippen LogP contribution in [0, 0.1) is 88.2 Å². The molecule has 0 aliphatic heterocycles. The number of aromatic nitrogens is 5. The Kier molecular flexibility index (Phi) is 16.5. The Labute approximate surface area is 789 Å². The second kappa shape index (κ2) is 35.2. The molecular weight excluding hydrogens is 1600 g/mol. The summed E-state index contributed by atoms with van der Waals surface area (Å²) >= 11 is 0. The molecule has 632 valence electrons. The summed E-state index contributed by atoms with van der Waals surface area (Å²) in [6.07, 6.45) is 5.18. The molecule has 10 aromatic heterocycles. The third-order valence-corrected chi connectivity index (χ3v) is 23.7. The van der Waals surface area contributed by atoms with Crippen LogP contribution < -0.4 is 22.8 Å². The van der Waals surface area contributed by atoms with Gasteiger partial charge >= 0.3 is 0 Å². The third-order valence-electron chi connectivity index (χ3n) is 23.7. The van der Waals surface area contributed by atoms with Crippen molar-refractivity contribution in [1.29, 1.82) is 0 Å². The molecule has 0 amide bonds. The highest BCUT2D eigenvalue weighted by molar-refractivity contribution is 6.18. The summed E-state index contributed by atoms with van der Waals surface area (Å²) in [5.74, 6) is -4.12. The largest absolute Gasteiger partial charge is 0.456 e. The number of aryl methyl sites for hydroxylation is 11. The number of rotatable bonds is 8. The molecule has 0 saturated heterocycles. The molecule has 0 N–H and O–H groups in total. The monoisotopic (exact) mass is 1720 g/mol. The smallest absolute Gasteiger partial charge is 0.216 e. The number of furan rings is 5.